The Morgan fingerprint density at radius 2 is 1.75 bits per heavy atom. The van der Waals surface area contributed by atoms with Crippen LogP contribution < -0.4 is 9.47 Å². The first kappa shape index (κ1) is 16.9. The van der Waals surface area contributed by atoms with E-state index >= 15 is 0 Å². The minimum atomic E-state index is -0.926. The Morgan fingerprint density at radius 1 is 1.04 bits per heavy atom. The fourth-order valence-electron chi connectivity index (χ4n) is 1.95. The largest absolute Gasteiger partial charge is 0.496 e. The molecule has 0 heterocycles. The predicted molar refractivity (Wildman–Crippen MR) is 82.4 cm³/mol. The Bertz CT molecular complexity index is 833. The summed E-state index contributed by atoms with van der Waals surface area (Å²) in [5.41, 5.74) is -0.335. The van der Waals surface area contributed by atoms with E-state index < -0.39 is 21.5 Å². The minimum absolute atomic E-state index is 0.0469. The van der Waals surface area contributed by atoms with E-state index in [0.29, 0.717) is 5.56 Å². The molecule has 2 aromatic carbocycles. The van der Waals surface area contributed by atoms with Gasteiger partial charge >= 0.3 is 11.7 Å². The van der Waals surface area contributed by atoms with Gasteiger partial charge in [-0.05, 0) is 24.6 Å². The second-order valence-electron chi connectivity index (χ2n) is 4.74. The Labute approximate surface area is 135 Å². The molecule has 0 unspecified atom stereocenters. The van der Waals surface area contributed by atoms with Gasteiger partial charge in [0.05, 0.1) is 28.6 Å². The number of esters is 1. The van der Waals surface area contributed by atoms with Crippen molar-refractivity contribution in [1.82, 2.24) is 0 Å². The van der Waals surface area contributed by atoms with Crippen LogP contribution in [-0.2, 0) is 0 Å². The number of rotatable bonds is 5. The van der Waals surface area contributed by atoms with Crippen LogP contribution in [-0.4, -0.2) is 22.9 Å². The van der Waals surface area contributed by atoms with E-state index in [2.05, 4.69) is 0 Å². The molecular formula is C15H12N2O7. The minimum Gasteiger partial charge on any atom is -0.496 e. The van der Waals surface area contributed by atoms with Crippen molar-refractivity contribution in [2.45, 2.75) is 6.92 Å². The molecular weight excluding hydrogens is 320 g/mol. The number of methoxy groups -OCH3 is 1. The topological polar surface area (TPSA) is 122 Å². The molecule has 2 rings (SSSR count). The highest BCUT2D eigenvalue weighted by atomic mass is 16.6. The van der Waals surface area contributed by atoms with Crippen molar-refractivity contribution in [3.63, 3.8) is 0 Å². The normalized spacial score (nSPS) is 10.1. The first-order valence-electron chi connectivity index (χ1n) is 6.63. The van der Waals surface area contributed by atoms with E-state index in [1.807, 2.05) is 0 Å². The first-order valence-corrected chi connectivity index (χ1v) is 6.63. The molecule has 0 spiro atoms. The molecule has 0 atom stereocenters. The average Bonchev–Trinajstić information content (AvgIpc) is 2.55. The molecule has 24 heavy (non-hydrogen) atoms. The monoisotopic (exact) mass is 332 g/mol. The molecule has 0 saturated heterocycles. The van der Waals surface area contributed by atoms with E-state index in [1.165, 1.54) is 31.4 Å². The molecule has 9 nitrogen and oxygen atoms in total. The smallest absolute Gasteiger partial charge is 0.344 e. The number of nitro groups is 2. The van der Waals surface area contributed by atoms with E-state index in [-0.39, 0.29) is 22.7 Å². The summed E-state index contributed by atoms with van der Waals surface area (Å²) in [5, 5.41) is 21.9. The van der Waals surface area contributed by atoms with Crippen molar-refractivity contribution >= 4 is 17.3 Å². The number of aryl methyl sites for hydroxylation is 1. The molecule has 0 fully saturated rings. The maximum atomic E-state index is 12.2. The van der Waals surface area contributed by atoms with Crippen LogP contribution >= 0.6 is 0 Å². The molecule has 0 aliphatic heterocycles. The fraction of sp³-hybridized carbons (Fsp3) is 0.133. The van der Waals surface area contributed by atoms with E-state index in [4.69, 9.17) is 9.47 Å². The lowest BCUT2D eigenvalue weighted by molar-refractivity contribution is -0.385. The molecule has 0 N–H and O–H groups in total. The maximum Gasteiger partial charge on any atom is 0.344 e. The van der Waals surface area contributed by atoms with Gasteiger partial charge in [0.15, 0.2) is 0 Å². The van der Waals surface area contributed by atoms with Crippen molar-refractivity contribution < 1.29 is 24.1 Å². The van der Waals surface area contributed by atoms with Crippen LogP contribution in [0.2, 0.25) is 0 Å². The van der Waals surface area contributed by atoms with Crippen LogP contribution in [0.1, 0.15) is 15.9 Å². The van der Waals surface area contributed by atoms with Gasteiger partial charge in [-0.2, -0.15) is 0 Å². The second-order valence-corrected chi connectivity index (χ2v) is 4.74. The zero-order chi connectivity index (χ0) is 17.9. The molecule has 0 aromatic heterocycles. The highest BCUT2D eigenvalue weighted by molar-refractivity contribution is 5.93. The third-order valence-electron chi connectivity index (χ3n) is 3.22. The lowest BCUT2D eigenvalue weighted by Gasteiger charge is -2.08. The zero-order valence-electron chi connectivity index (χ0n) is 12.7. The summed E-state index contributed by atoms with van der Waals surface area (Å²) in [4.78, 5) is 32.8. The average molecular weight is 332 g/mol. The Morgan fingerprint density at radius 3 is 2.33 bits per heavy atom. The molecule has 0 saturated carbocycles. The van der Waals surface area contributed by atoms with Crippen LogP contribution in [0.5, 0.6) is 11.5 Å². The number of nitrogens with zero attached hydrogens (tertiary/aromatic N) is 2. The number of carbonyl (C=O) groups is 1. The summed E-state index contributed by atoms with van der Waals surface area (Å²) in [6.45, 7) is 1.57. The summed E-state index contributed by atoms with van der Waals surface area (Å²) < 4.78 is 9.94. The highest BCUT2D eigenvalue weighted by Gasteiger charge is 2.22. The van der Waals surface area contributed by atoms with Gasteiger partial charge in [-0.1, -0.05) is 6.07 Å². The highest BCUT2D eigenvalue weighted by Crippen LogP contribution is 2.32. The second kappa shape index (κ2) is 6.73. The van der Waals surface area contributed by atoms with Crippen molar-refractivity contribution in [1.29, 1.82) is 0 Å². The number of benzene rings is 2. The van der Waals surface area contributed by atoms with E-state index in [1.54, 1.807) is 6.92 Å². The Balaban J connectivity index is 2.38. The van der Waals surface area contributed by atoms with Crippen molar-refractivity contribution in [2.75, 3.05) is 7.11 Å². The summed E-state index contributed by atoms with van der Waals surface area (Å²) in [5.74, 6) is -0.978. The number of hydrogen-bond donors (Lipinski definition) is 0. The van der Waals surface area contributed by atoms with Gasteiger partial charge in [0, 0.05) is 12.1 Å². The first-order chi connectivity index (χ1) is 11.3. The number of nitro benzene ring substituents is 2. The SMILES string of the molecule is COc1ccc(OC(=O)c2cc([N+](=O)[O-])ccc2C)c([N+](=O)[O-])c1. The third-order valence-corrected chi connectivity index (χ3v) is 3.22. The van der Waals surface area contributed by atoms with Crippen LogP contribution in [0.3, 0.4) is 0 Å². The molecule has 0 amide bonds. The number of ether oxygens (including phenoxy) is 2. The zero-order valence-corrected chi connectivity index (χ0v) is 12.7. The molecule has 2 aromatic rings. The number of carbonyl (C=O) groups excluding carboxylic acids is 1. The van der Waals surface area contributed by atoms with Gasteiger partial charge in [-0.15, -0.1) is 0 Å². The quantitative estimate of drug-likeness (QED) is 0.357. The fourth-order valence-corrected chi connectivity index (χ4v) is 1.95. The maximum absolute atomic E-state index is 12.2. The van der Waals surface area contributed by atoms with Crippen LogP contribution in [0.4, 0.5) is 11.4 Å². The molecule has 0 bridgehead atoms. The number of hydrogen-bond acceptors (Lipinski definition) is 7. The van der Waals surface area contributed by atoms with Gasteiger partial charge in [0.1, 0.15) is 5.75 Å². The van der Waals surface area contributed by atoms with Crippen molar-refractivity contribution in [2.24, 2.45) is 0 Å². The molecule has 0 radical (unpaired) electrons. The Kier molecular flexibility index (Phi) is 4.73. The molecule has 0 aliphatic rings. The van der Waals surface area contributed by atoms with Gasteiger partial charge in [-0.3, -0.25) is 20.2 Å². The van der Waals surface area contributed by atoms with Gasteiger partial charge in [-0.25, -0.2) is 4.79 Å². The number of non-ortho nitro benzene ring substituents is 1. The predicted octanol–water partition coefficient (Wildman–Crippen LogP) is 3.04. The third kappa shape index (κ3) is 3.46. The standard InChI is InChI=1S/C15H12N2O7/c1-9-3-4-10(16(19)20)7-12(9)15(18)24-14-6-5-11(23-2)8-13(14)17(21)22/h3-8H,1-2H3. The lowest BCUT2D eigenvalue weighted by Crippen LogP contribution is -2.12. The summed E-state index contributed by atoms with van der Waals surface area (Å²) >= 11 is 0. The van der Waals surface area contributed by atoms with Gasteiger partial charge in [0.25, 0.3) is 5.69 Å². The van der Waals surface area contributed by atoms with E-state index in [0.717, 1.165) is 12.1 Å². The van der Waals surface area contributed by atoms with Gasteiger partial charge < -0.3 is 9.47 Å². The van der Waals surface area contributed by atoms with Crippen LogP contribution in [0, 0.1) is 27.2 Å². The van der Waals surface area contributed by atoms with Gasteiger partial charge in [0.2, 0.25) is 5.75 Å². The molecule has 9 heteroatoms. The van der Waals surface area contributed by atoms with Crippen LogP contribution in [0.25, 0.3) is 0 Å². The van der Waals surface area contributed by atoms with Crippen molar-refractivity contribution in [3.05, 3.63) is 67.8 Å². The Hall–Kier alpha value is -3.49. The summed E-state index contributed by atoms with van der Waals surface area (Å²) in [6.07, 6.45) is 0. The summed E-state index contributed by atoms with van der Waals surface area (Å²) in [6, 6.07) is 7.45. The molecule has 0 aliphatic carbocycles. The summed E-state index contributed by atoms with van der Waals surface area (Å²) in [7, 11) is 1.34. The van der Waals surface area contributed by atoms with E-state index in [9.17, 15) is 25.0 Å². The molecule has 124 valence electrons. The lowest BCUT2D eigenvalue weighted by atomic mass is 10.1. The van der Waals surface area contributed by atoms with Crippen molar-refractivity contribution in [3.8, 4) is 11.5 Å². The van der Waals surface area contributed by atoms with Crippen LogP contribution in [0.15, 0.2) is 36.4 Å².